The van der Waals surface area contributed by atoms with Gasteiger partial charge in [0, 0.05) is 19.6 Å². The lowest BCUT2D eigenvalue weighted by Gasteiger charge is -2.23. The molecule has 0 aromatic heterocycles. The van der Waals surface area contributed by atoms with Gasteiger partial charge in [-0.3, -0.25) is 4.90 Å². The summed E-state index contributed by atoms with van der Waals surface area (Å²) >= 11 is 0. The van der Waals surface area contributed by atoms with Crippen molar-refractivity contribution in [3.63, 3.8) is 0 Å². The fourth-order valence-corrected chi connectivity index (χ4v) is 2.64. The van der Waals surface area contributed by atoms with E-state index in [0.717, 1.165) is 19.6 Å². The third-order valence-corrected chi connectivity index (χ3v) is 4.08. The number of nitrogens with zero attached hydrogens (tertiary/aromatic N) is 1. The molecule has 2 nitrogen and oxygen atoms in total. The van der Waals surface area contributed by atoms with E-state index in [9.17, 15) is 0 Å². The summed E-state index contributed by atoms with van der Waals surface area (Å²) in [6, 6.07) is 15.2. The number of hydrogen-bond acceptors (Lipinski definition) is 2. The van der Waals surface area contributed by atoms with E-state index in [-0.39, 0.29) is 0 Å². The number of hydrogen-bond donors (Lipinski definition) is 1. The van der Waals surface area contributed by atoms with Crippen LogP contribution in [0.4, 0.5) is 0 Å². The fourth-order valence-electron chi connectivity index (χ4n) is 2.64. The van der Waals surface area contributed by atoms with Crippen LogP contribution in [0.5, 0.6) is 0 Å². The highest BCUT2D eigenvalue weighted by molar-refractivity contribution is 5.31. The summed E-state index contributed by atoms with van der Waals surface area (Å²) in [6.07, 6.45) is 0. The molecule has 2 rings (SSSR count). The monoisotopic (exact) mass is 282 g/mol. The average molecular weight is 282 g/mol. The summed E-state index contributed by atoms with van der Waals surface area (Å²) in [6.45, 7) is 10.2. The second-order valence-electron chi connectivity index (χ2n) is 5.71. The Morgan fingerprint density at radius 1 is 0.905 bits per heavy atom. The smallest absolute Gasteiger partial charge is 0.0240 e. The molecule has 0 amide bonds. The summed E-state index contributed by atoms with van der Waals surface area (Å²) in [4.78, 5) is 2.47. The molecule has 0 radical (unpaired) electrons. The van der Waals surface area contributed by atoms with Crippen LogP contribution >= 0.6 is 0 Å². The maximum absolute atomic E-state index is 5.85. The number of benzene rings is 2. The highest BCUT2D eigenvalue weighted by atomic mass is 15.1. The predicted octanol–water partition coefficient (Wildman–Crippen LogP) is 3.78. The van der Waals surface area contributed by atoms with Crippen molar-refractivity contribution >= 4 is 0 Å². The molecule has 0 fully saturated rings. The van der Waals surface area contributed by atoms with Crippen molar-refractivity contribution in [2.45, 2.75) is 40.4 Å². The zero-order valence-electron chi connectivity index (χ0n) is 13.4. The number of aryl methyl sites for hydroxylation is 2. The topological polar surface area (TPSA) is 29.3 Å². The van der Waals surface area contributed by atoms with Crippen molar-refractivity contribution in [2.75, 3.05) is 6.54 Å². The lowest BCUT2D eigenvalue weighted by molar-refractivity contribution is 0.270. The van der Waals surface area contributed by atoms with Crippen LogP contribution in [0.25, 0.3) is 0 Å². The van der Waals surface area contributed by atoms with E-state index in [4.69, 9.17) is 5.73 Å². The van der Waals surface area contributed by atoms with Gasteiger partial charge in [0.15, 0.2) is 0 Å². The minimum absolute atomic E-state index is 0.608. The van der Waals surface area contributed by atoms with Gasteiger partial charge < -0.3 is 5.73 Å². The highest BCUT2D eigenvalue weighted by Gasteiger charge is 2.09. The van der Waals surface area contributed by atoms with Crippen molar-refractivity contribution in [3.05, 3.63) is 70.3 Å². The summed E-state index contributed by atoms with van der Waals surface area (Å²) in [5.74, 6) is 0. The maximum atomic E-state index is 5.85. The Hall–Kier alpha value is -1.64. The van der Waals surface area contributed by atoms with E-state index in [2.05, 4.69) is 68.1 Å². The molecule has 112 valence electrons. The molecule has 21 heavy (non-hydrogen) atoms. The van der Waals surface area contributed by atoms with Crippen LogP contribution < -0.4 is 5.73 Å². The molecule has 2 aromatic carbocycles. The van der Waals surface area contributed by atoms with Gasteiger partial charge in [0.2, 0.25) is 0 Å². The number of rotatable bonds is 6. The minimum Gasteiger partial charge on any atom is -0.326 e. The molecule has 0 aliphatic rings. The largest absolute Gasteiger partial charge is 0.326 e. The van der Waals surface area contributed by atoms with Gasteiger partial charge in [0.05, 0.1) is 0 Å². The summed E-state index contributed by atoms with van der Waals surface area (Å²) < 4.78 is 0. The van der Waals surface area contributed by atoms with Crippen LogP contribution in [0.2, 0.25) is 0 Å². The Morgan fingerprint density at radius 2 is 1.57 bits per heavy atom. The fraction of sp³-hybridized carbons (Fsp3) is 0.368. The van der Waals surface area contributed by atoms with Crippen molar-refractivity contribution < 1.29 is 0 Å². The van der Waals surface area contributed by atoms with Crippen molar-refractivity contribution in [3.8, 4) is 0 Å². The lowest BCUT2D eigenvalue weighted by atomic mass is 10.0. The Balaban J connectivity index is 2.15. The summed E-state index contributed by atoms with van der Waals surface area (Å²) in [7, 11) is 0. The van der Waals surface area contributed by atoms with Crippen molar-refractivity contribution in [2.24, 2.45) is 5.73 Å². The van der Waals surface area contributed by atoms with E-state index >= 15 is 0 Å². The number of nitrogens with two attached hydrogens (primary N) is 1. The molecule has 0 bridgehead atoms. The first-order chi connectivity index (χ1) is 10.1. The predicted molar refractivity (Wildman–Crippen MR) is 90.0 cm³/mol. The van der Waals surface area contributed by atoms with Crippen LogP contribution in [0.3, 0.4) is 0 Å². The van der Waals surface area contributed by atoms with Crippen LogP contribution in [-0.2, 0) is 19.6 Å². The van der Waals surface area contributed by atoms with Gasteiger partial charge in [-0.1, -0.05) is 55.0 Å². The second kappa shape index (κ2) is 7.39. The molecule has 0 unspecified atom stereocenters. The van der Waals surface area contributed by atoms with Gasteiger partial charge in [-0.05, 0) is 42.6 Å². The normalized spacial score (nSPS) is 11.1. The zero-order valence-corrected chi connectivity index (χ0v) is 13.4. The molecule has 0 atom stereocenters. The van der Waals surface area contributed by atoms with E-state index in [1.54, 1.807) is 0 Å². The molecular formula is C19H26N2. The standard InChI is InChI=1S/C19H26N2/c1-4-21(13-18-8-6-5-7-17(18)12-20)14-19-11-15(2)9-10-16(19)3/h5-11H,4,12-14,20H2,1-3H3. The van der Waals surface area contributed by atoms with E-state index in [1.165, 1.54) is 27.8 Å². The first kappa shape index (κ1) is 15.7. The van der Waals surface area contributed by atoms with Crippen LogP contribution in [-0.4, -0.2) is 11.4 Å². The average Bonchev–Trinajstić information content (AvgIpc) is 2.50. The quantitative estimate of drug-likeness (QED) is 0.873. The van der Waals surface area contributed by atoms with Gasteiger partial charge in [0.25, 0.3) is 0 Å². The van der Waals surface area contributed by atoms with E-state index in [0.29, 0.717) is 6.54 Å². The van der Waals surface area contributed by atoms with Gasteiger partial charge in [0.1, 0.15) is 0 Å². The van der Waals surface area contributed by atoms with Gasteiger partial charge in [-0.25, -0.2) is 0 Å². The molecule has 0 heterocycles. The molecule has 0 spiro atoms. The molecule has 0 aliphatic carbocycles. The highest BCUT2D eigenvalue weighted by Crippen LogP contribution is 2.17. The second-order valence-corrected chi connectivity index (χ2v) is 5.71. The van der Waals surface area contributed by atoms with Gasteiger partial charge in [-0.15, -0.1) is 0 Å². The van der Waals surface area contributed by atoms with Crippen molar-refractivity contribution in [1.82, 2.24) is 4.90 Å². The van der Waals surface area contributed by atoms with Crippen LogP contribution in [0.1, 0.15) is 34.7 Å². The third-order valence-electron chi connectivity index (χ3n) is 4.08. The van der Waals surface area contributed by atoms with E-state index in [1.807, 2.05) is 0 Å². The molecular weight excluding hydrogens is 256 g/mol. The van der Waals surface area contributed by atoms with Crippen molar-refractivity contribution in [1.29, 1.82) is 0 Å². The SMILES string of the molecule is CCN(Cc1cc(C)ccc1C)Cc1ccccc1CN. The minimum atomic E-state index is 0.608. The third kappa shape index (κ3) is 4.16. The molecule has 2 heteroatoms. The Morgan fingerprint density at radius 3 is 2.24 bits per heavy atom. The molecule has 2 N–H and O–H groups in total. The Labute approximate surface area is 128 Å². The van der Waals surface area contributed by atoms with Crippen LogP contribution in [0.15, 0.2) is 42.5 Å². The molecule has 2 aromatic rings. The first-order valence-electron chi connectivity index (χ1n) is 7.69. The summed E-state index contributed by atoms with van der Waals surface area (Å²) in [5.41, 5.74) is 12.5. The summed E-state index contributed by atoms with van der Waals surface area (Å²) in [5, 5.41) is 0. The maximum Gasteiger partial charge on any atom is 0.0240 e. The molecule has 0 aliphatic heterocycles. The van der Waals surface area contributed by atoms with Crippen LogP contribution in [0, 0.1) is 13.8 Å². The van der Waals surface area contributed by atoms with Gasteiger partial charge >= 0.3 is 0 Å². The van der Waals surface area contributed by atoms with Gasteiger partial charge in [-0.2, -0.15) is 0 Å². The lowest BCUT2D eigenvalue weighted by Crippen LogP contribution is -2.23. The zero-order chi connectivity index (χ0) is 15.2. The van der Waals surface area contributed by atoms with E-state index < -0.39 is 0 Å². The molecule has 0 saturated heterocycles. The molecule has 0 saturated carbocycles. The Kier molecular flexibility index (Phi) is 5.54. The Bertz CT molecular complexity index is 590. The first-order valence-corrected chi connectivity index (χ1v) is 7.69.